The molecule has 0 saturated carbocycles. The Kier molecular flexibility index (Phi) is 4.94. The lowest BCUT2D eigenvalue weighted by Crippen LogP contribution is -2.36. The lowest BCUT2D eigenvalue weighted by molar-refractivity contribution is 0.563. The van der Waals surface area contributed by atoms with Crippen LogP contribution in [0.15, 0.2) is 0 Å². The molecule has 0 aliphatic rings. The van der Waals surface area contributed by atoms with Gasteiger partial charge < -0.3 is 5.73 Å². The third-order valence-corrected chi connectivity index (χ3v) is 3.09. The van der Waals surface area contributed by atoms with Gasteiger partial charge in [-0.1, -0.05) is 6.92 Å². The lowest BCUT2D eigenvalue weighted by atomic mass is 10.2. The maximum absolute atomic E-state index is 11.2. The Hall–Kier alpha value is -0.620. The van der Waals surface area contributed by atoms with E-state index in [-0.39, 0.29) is 24.1 Å². The van der Waals surface area contributed by atoms with Crippen molar-refractivity contribution < 1.29 is 8.42 Å². The lowest BCUT2D eigenvalue weighted by Gasteiger charge is -2.12. The Bertz CT molecular complexity index is 261. The predicted octanol–water partition coefficient (Wildman–Crippen LogP) is 0.0304. The summed E-state index contributed by atoms with van der Waals surface area (Å²) in [7, 11) is -3.18. The number of hydrogen-bond acceptors (Lipinski definition) is 3. The highest BCUT2D eigenvalue weighted by Gasteiger charge is 2.13. The average Bonchev–Trinajstić information content (AvgIpc) is 1.81. The second-order valence-corrected chi connectivity index (χ2v) is 4.94. The van der Waals surface area contributed by atoms with Crippen LogP contribution in [0.5, 0.6) is 0 Å². The van der Waals surface area contributed by atoms with Gasteiger partial charge in [-0.25, -0.2) is 13.1 Å². The molecule has 5 nitrogen and oxygen atoms in total. The molecule has 1 atom stereocenters. The smallest absolute Gasteiger partial charge is 0.211 e. The third-order valence-electron chi connectivity index (χ3n) is 1.38. The number of nitrogens with two attached hydrogens (primary N) is 1. The Morgan fingerprint density at radius 1 is 1.62 bits per heavy atom. The van der Waals surface area contributed by atoms with E-state index in [1.165, 1.54) is 0 Å². The first-order chi connectivity index (χ1) is 5.87. The molecule has 0 fully saturated rings. The molecule has 0 heterocycles. The molecular weight excluding hydrogens is 190 g/mol. The van der Waals surface area contributed by atoms with E-state index in [1.54, 1.807) is 13.8 Å². The molecule has 6 heteroatoms. The average molecular weight is 207 g/mol. The molecular formula is C7H17N3O2S. The minimum atomic E-state index is -3.18. The summed E-state index contributed by atoms with van der Waals surface area (Å²) >= 11 is 0. The Balaban J connectivity index is 4.04. The summed E-state index contributed by atoms with van der Waals surface area (Å²) in [6.07, 6.45) is 0.838. The summed E-state index contributed by atoms with van der Waals surface area (Å²) in [6.45, 7) is 3.49. The molecule has 0 aliphatic heterocycles. The van der Waals surface area contributed by atoms with Gasteiger partial charge in [-0.15, -0.1) is 0 Å². The van der Waals surface area contributed by atoms with E-state index < -0.39 is 10.0 Å². The van der Waals surface area contributed by atoms with E-state index in [0.29, 0.717) is 6.42 Å². The minimum Gasteiger partial charge on any atom is -0.388 e. The fraction of sp³-hybridized carbons (Fsp3) is 0.857. The van der Waals surface area contributed by atoms with E-state index in [4.69, 9.17) is 11.1 Å². The van der Waals surface area contributed by atoms with Gasteiger partial charge in [-0.05, 0) is 13.3 Å². The molecule has 0 aromatic heterocycles. The van der Waals surface area contributed by atoms with Crippen LogP contribution in [-0.2, 0) is 10.0 Å². The van der Waals surface area contributed by atoms with E-state index in [1.807, 2.05) is 0 Å². The van der Waals surface area contributed by atoms with Crippen molar-refractivity contribution in [3.8, 4) is 0 Å². The Morgan fingerprint density at radius 2 is 2.15 bits per heavy atom. The summed E-state index contributed by atoms with van der Waals surface area (Å²) < 4.78 is 24.8. The van der Waals surface area contributed by atoms with Gasteiger partial charge in [0.15, 0.2) is 0 Å². The van der Waals surface area contributed by atoms with Crippen molar-refractivity contribution in [2.75, 3.05) is 5.75 Å². The van der Waals surface area contributed by atoms with E-state index in [9.17, 15) is 8.42 Å². The molecule has 0 saturated heterocycles. The van der Waals surface area contributed by atoms with Gasteiger partial charge in [-0.2, -0.15) is 0 Å². The molecule has 0 aromatic carbocycles. The number of hydrogen-bond donors (Lipinski definition) is 3. The Labute approximate surface area is 79.3 Å². The monoisotopic (exact) mass is 207 g/mol. The van der Waals surface area contributed by atoms with Crippen molar-refractivity contribution in [2.24, 2.45) is 5.73 Å². The van der Waals surface area contributed by atoms with Gasteiger partial charge in [0.2, 0.25) is 10.0 Å². The summed E-state index contributed by atoms with van der Waals surface area (Å²) in [5.41, 5.74) is 5.13. The second kappa shape index (κ2) is 5.18. The maximum atomic E-state index is 11.2. The van der Waals surface area contributed by atoms with Gasteiger partial charge >= 0.3 is 0 Å². The van der Waals surface area contributed by atoms with Crippen molar-refractivity contribution in [3.05, 3.63) is 0 Å². The fourth-order valence-electron chi connectivity index (χ4n) is 1.01. The van der Waals surface area contributed by atoms with E-state index >= 15 is 0 Å². The zero-order valence-corrected chi connectivity index (χ0v) is 8.82. The molecule has 13 heavy (non-hydrogen) atoms. The molecule has 0 radical (unpaired) electrons. The largest absolute Gasteiger partial charge is 0.388 e. The predicted molar refractivity (Wildman–Crippen MR) is 53.2 cm³/mol. The topological polar surface area (TPSA) is 96.0 Å². The first-order valence-corrected chi connectivity index (χ1v) is 5.85. The minimum absolute atomic E-state index is 0.00769. The van der Waals surface area contributed by atoms with Gasteiger partial charge in [-0.3, -0.25) is 5.41 Å². The van der Waals surface area contributed by atoms with Crippen molar-refractivity contribution >= 4 is 15.9 Å². The molecule has 1 unspecified atom stereocenters. The van der Waals surface area contributed by atoms with Crippen molar-refractivity contribution in [2.45, 2.75) is 32.7 Å². The van der Waals surface area contributed by atoms with Crippen molar-refractivity contribution in [1.82, 2.24) is 4.72 Å². The van der Waals surface area contributed by atoms with Gasteiger partial charge in [0.1, 0.15) is 0 Å². The number of sulfonamides is 1. The van der Waals surface area contributed by atoms with Crippen LogP contribution < -0.4 is 10.5 Å². The van der Waals surface area contributed by atoms with Gasteiger partial charge in [0, 0.05) is 12.5 Å². The number of amidine groups is 1. The zero-order valence-electron chi connectivity index (χ0n) is 8.00. The van der Waals surface area contributed by atoms with E-state index in [0.717, 1.165) is 0 Å². The van der Waals surface area contributed by atoms with E-state index in [2.05, 4.69) is 4.72 Å². The van der Waals surface area contributed by atoms with Crippen LogP contribution >= 0.6 is 0 Å². The molecule has 0 amide bonds. The van der Waals surface area contributed by atoms with Crippen LogP contribution in [0.3, 0.4) is 0 Å². The summed E-state index contributed by atoms with van der Waals surface area (Å²) in [6, 6.07) is -0.297. The first-order valence-electron chi connectivity index (χ1n) is 4.20. The summed E-state index contributed by atoms with van der Waals surface area (Å²) in [5.74, 6) is 0.113. The van der Waals surface area contributed by atoms with Crippen LogP contribution in [0.25, 0.3) is 0 Å². The molecule has 78 valence electrons. The molecule has 0 aliphatic carbocycles. The quantitative estimate of drug-likeness (QED) is 0.423. The zero-order chi connectivity index (χ0) is 10.5. The summed E-state index contributed by atoms with van der Waals surface area (Å²) in [4.78, 5) is 0. The molecule has 4 N–H and O–H groups in total. The third kappa shape index (κ3) is 6.53. The number of nitrogens with one attached hydrogen (secondary N) is 2. The SMILES string of the molecule is CCCS(=O)(=O)NC(C)CC(=N)N. The fourth-order valence-corrected chi connectivity index (χ4v) is 2.36. The number of rotatable bonds is 6. The second-order valence-electron chi connectivity index (χ2n) is 3.07. The molecule has 0 bridgehead atoms. The van der Waals surface area contributed by atoms with Crippen LogP contribution in [-0.4, -0.2) is 26.0 Å². The van der Waals surface area contributed by atoms with Crippen LogP contribution in [0.4, 0.5) is 0 Å². The highest BCUT2D eigenvalue weighted by Crippen LogP contribution is 1.95. The Morgan fingerprint density at radius 3 is 2.54 bits per heavy atom. The van der Waals surface area contributed by atoms with Crippen LogP contribution in [0, 0.1) is 5.41 Å². The molecule has 0 spiro atoms. The van der Waals surface area contributed by atoms with Gasteiger partial charge in [0.05, 0.1) is 11.6 Å². The maximum Gasteiger partial charge on any atom is 0.211 e. The summed E-state index contributed by atoms with van der Waals surface area (Å²) in [5, 5.41) is 6.98. The van der Waals surface area contributed by atoms with Crippen LogP contribution in [0.1, 0.15) is 26.7 Å². The molecule has 0 rings (SSSR count). The van der Waals surface area contributed by atoms with Crippen LogP contribution in [0.2, 0.25) is 0 Å². The van der Waals surface area contributed by atoms with Crippen molar-refractivity contribution in [3.63, 3.8) is 0 Å². The molecule has 0 aromatic rings. The standard InChI is InChI=1S/C7H17N3O2S/c1-3-4-13(11,12)10-6(2)5-7(8)9/h6,10H,3-5H2,1-2H3,(H3,8,9). The van der Waals surface area contributed by atoms with Gasteiger partial charge in [0.25, 0.3) is 0 Å². The highest BCUT2D eigenvalue weighted by atomic mass is 32.2. The highest BCUT2D eigenvalue weighted by molar-refractivity contribution is 7.89. The first kappa shape index (κ1) is 12.4. The normalized spacial score (nSPS) is 14.0. The van der Waals surface area contributed by atoms with Crippen molar-refractivity contribution in [1.29, 1.82) is 5.41 Å².